The second-order valence-corrected chi connectivity index (χ2v) is 9.38. The summed E-state index contributed by atoms with van der Waals surface area (Å²) in [6.45, 7) is 8.95. The standard InChI is InChI=1S/C24H40N6/c1-25-24(27-22-11-12-30(19-22)23-5-3-4-6-23)26-17-20-7-9-21(10-8-20)18-29-15-13-28(2)14-16-29/h7-10,22-23H,3-6,11-19H2,1-2H3,(H2,25,26,27). The fraction of sp³-hybridized carbons (Fsp3) is 0.708. The summed E-state index contributed by atoms with van der Waals surface area (Å²) >= 11 is 0. The van der Waals surface area contributed by atoms with Crippen LogP contribution in [0.25, 0.3) is 0 Å². The molecular weight excluding hydrogens is 372 g/mol. The maximum atomic E-state index is 4.46. The Morgan fingerprint density at radius 2 is 1.67 bits per heavy atom. The maximum absolute atomic E-state index is 4.46. The smallest absolute Gasteiger partial charge is 0.191 e. The Morgan fingerprint density at radius 1 is 0.967 bits per heavy atom. The van der Waals surface area contributed by atoms with Crippen LogP contribution >= 0.6 is 0 Å². The molecule has 2 aliphatic heterocycles. The largest absolute Gasteiger partial charge is 0.352 e. The number of guanidine groups is 1. The molecule has 3 fully saturated rings. The number of aliphatic imine (C=N–C) groups is 1. The van der Waals surface area contributed by atoms with Crippen molar-refractivity contribution in [3.8, 4) is 0 Å². The zero-order valence-electron chi connectivity index (χ0n) is 18.9. The highest BCUT2D eigenvalue weighted by Crippen LogP contribution is 2.26. The number of nitrogens with one attached hydrogen (secondary N) is 2. The van der Waals surface area contributed by atoms with Crippen molar-refractivity contribution >= 4 is 5.96 Å². The van der Waals surface area contributed by atoms with Crippen LogP contribution in [0.3, 0.4) is 0 Å². The molecule has 166 valence electrons. The minimum absolute atomic E-state index is 0.516. The third kappa shape index (κ3) is 5.96. The van der Waals surface area contributed by atoms with Gasteiger partial charge in [-0.15, -0.1) is 0 Å². The molecule has 30 heavy (non-hydrogen) atoms. The van der Waals surface area contributed by atoms with Crippen molar-refractivity contribution in [2.45, 2.75) is 57.3 Å². The van der Waals surface area contributed by atoms with E-state index in [1.807, 2.05) is 7.05 Å². The molecule has 4 rings (SSSR count). The van der Waals surface area contributed by atoms with Gasteiger partial charge in [0, 0.05) is 71.5 Å². The summed E-state index contributed by atoms with van der Waals surface area (Å²) in [7, 11) is 4.08. The Labute approximate surface area is 182 Å². The summed E-state index contributed by atoms with van der Waals surface area (Å²) in [6.07, 6.45) is 6.83. The molecule has 0 spiro atoms. The van der Waals surface area contributed by atoms with E-state index in [1.165, 1.54) is 76.0 Å². The van der Waals surface area contributed by atoms with Crippen LogP contribution in [-0.4, -0.2) is 86.1 Å². The predicted molar refractivity (Wildman–Crippen MR) is 125 cm³/mol. The van der Waals surface area contributed by atoms with Crippen LogP contribution < -0.4 is 10.6 Å². The molecule has 1 saturated carbocycles. The third-order valence-electron chi connectivity index (χ3n) is 7.11. The number of likely N-dealkylation sites (N-methyl/N-ethyl adjacent to an activating group) is 1. The monoisotopic (exact) mass is 412 g/mol. The van der Waals surface area contributed by atoms with Gasteiger partial charge in [-0.2, -0.15) is 0 Å². The van der Waals surface area contributed by atoms with E-state index in [4.69, 9.17) is 0 Å². The molecule has 2 N–H and O–H groups in total. The normalized spacial score (nSPS) is 25.1. The molecule has 3 aliphatic rings. The lowest BCUT2D eigenvalue weighted by Gasteiger charge is -2.32. The van der Waals surface area contributed by atoms with Crippen LogP contribution in [0.2, 0.25) is 0 Å². The minimum atomic E-state index is 0.516. The maximum Gasteiger partial charge on any atom is 0.191 e. The summed E-state index contributed by atoms with van der Waals surface area (Å²) < 4.78 is 0. The van der Waals surface area contributed by atoms with Gasteiger partial charge in [0.15, 0.2) is 5.96 Å². The average Bonchev–Trinajstić information content (AvgIpc) is 3.46. The van der Waals surface area contributed by atoms with E-state index < -0.39 is 0 Å². The van der Waals surface area contributed by atoms with E-state index in [2.05, 4.69) is 61.6 Å². The molecule has 0 amide bonds. The van der Waals surface area contributed by atoms with Crippen molar-refractivity contribution in [2.24, 2.45) is 4.99 Å². The van der Waals surface area contributed by atoms with Gasteiger partial charge in [0.25, 0.3) is 0 Å². The van der Waals surface area contributed by atoms with Crippen molar-refractivity contribution in [1.29, 1.82) is 0 Å². The van der Waals surface area contributed by atoms with Gasteiger partial charge in [0.2, 0.25) is 0 Å². The highest BCUT2D eigenvalue weighted by molar-refractivity contribution is 5.80. The lowest BCUT2D eigenvalue weighted by atomic mass is 10.1. The van der Waals surface area contributed by atoms with Crippen LogP contribution in [0.15, 0.2) is 29.3 Å². The summed E-state index contributed by atoms with van der Waals surface area (Å²) in [5.41, 5.74) is 2.71. The van der Waals surface area contributed by atoms with Crippen molar-refractivity contribution in [1.82, 2.24) is 25.3 Å². The zero-order chi connectivity index (χ0) is 20.8. The van der Waals surface area contributed by atoms with E-state index in [-0.39, 0.29) is 0 Å². The molecule has 1 aromatic rings. The van der Waals surface area contributed by atoms with E-state index in [0.29, 0.717) is 6.04 Å². The molecule has 2 heterocycles. The van der Waals surface area contributed by atoms with Crippen molar-refractivity contribution in [2.75, 3.05) is 53.4 Å². The molecule has 1 aliphatic carbocycles. The first kappa shape index (κ1) is 21.6. The quantitative estimate of drug-likeness (QED) is 0.554. The molecular formula is C24H40N6. The highest BCUT2D eigenvalue weighted by Gasteiger charge is 2.30. The lowest BCUT2D eigenvalue weighted by molar-refractivity contribution is 0.148. The number of hydrogen-bond donors (Lipinski definition) is 2. The first-order chi connectivity index (χ1) is 14.7. The van der Waals surface area contributed by atoms with Crippen molar-refractivity contribution in [3.63, 3.8) is 0 Å². The summed E-state index contributed by atoms with van der Waals surface area (Å²) in [4.78, 5) is 12.1. The van der Waals surface area contributed by atoms with E-state index in [0.717, 1.165) is 31.6 Å². The Morgan fingerprint density at radius 3 is 2.37 bits per heavy atom. The molecule has 6 heteroatoms. The third-order valence-corrected chi connectivity index (χ3v) is 7.11. The summed E-state index contributed by atoms with van der Waals surface area (Å²) in [5, 5.41) is 7.15. The number of nitrogens with zero attached hydrogens (tertiary/aromatic N) is 4. The second kappa shape index (κ2) is 10.6. The lowest BCUT2D eigenvalue weighted by Crippen LogP contribution is -2.45. The molecule has 1 aromatic carbocycles. The average molecular weight is 413 g/mol. The summed E-state index contributed by atoms with van der Waals surface area (Å²) in [6, 6.07) is 10.4. The molecule has 0 bridgehead atoms. The van der Waals surface area contributed by atoms with E-state index in [1.54, 1.807) is 0 Å². The van der Waals surface area contributed by atoms with Gasteiger partial charge in [-0.1, -0.05) is 37.1 Å². The number of piperazine rings is 1. The fourth-order valence-corrected chi connectivity index (χ4v) is 5.11. The molecule has 2 saturated heterocycles. The number of likely N-dealkylation sites (tertiary alicyclic amines) is 1. The van der Waals surface area contributed by atoms with Crippen LogP contribution in [0.1, 0.15) is 43.2 Å². The number of rotatable bonds is 6. The molecule has 1 unspecified atom stereocenters. The van der Waals surface area contributed by atoms with E-state index in [9.17, 15) is 0 Å². The van der Waals surface area contributed by atoms with Gasteiger partial charge >= 0.3 is 0 Å². The Hall–Kier alpha value is -1.63. The van der Waals surface area contributed by atoms with Gasteiger partial charge < -0.3 is 15.5 Å². The summed E-state index contributed by atoms with van der Waals surface area (Å²) in [5.74, 6) is 0.926. The fourth-order valence-electron chi connectivity index (χ4n) is 5.11. The van der Waals surface area contributed by atoms with Crippen LogP contribution in [-0.2, 0) is 13.1 Å². The topological polar surface area (TPSA) is 46.1 Å². The second-order valence-electron chi connectivity index (χ2n) is 9.38. The zero-order valence-corrected chi connectivity index (χ0v) is 18.9. The minimum Gasteiger partial charge on any atom is -0.352 e. The van der Waals surface area contributed by atoms with Gasteiger partial charge in [-0.25, -0.2) is 0 Å². The van der Waals surface area contributed by atoms with Crippen LogP contribution in [0, 0.1) is 0 Å². The van der Waals surface area contributed by atoms with E-state index >= 15 is 0 Å². The van der Waals surface area contributed by atoms with Crippen molar-refractivity contribution < 1.29 is 0 Å². The van der Waals surface area contributed by atoms with Gasteiger partial charge in [0.1, 0.15) is 0 Å². The molecule has 0 aromatic heterocycles. The predicted octanol–water partition coefficient (Wildman–Crippen LogP) is 2.12. The van der Waals surface area contributed by atoms with Crippen LogP contribution in [0.5, 0.6) is 0 Å². The van der Waals surface area contributed by atoms with Crippen LogP contribution in [0.4, 0.5) is 0 Å². The van der Waals surface area contributed by atoms with Crippen molar-refractivity contribution in [3.05, 3.63) is 35.4 Å². The molecule has 1 atom stereocenters. The van der Waals surface area contributed by atoms with Gasteiger partial charge in [-0.3, -0.25) is 14.8 Å². The Kier molecular flexibility index (Phi) is 7.63. The molecule has 6 nitrogen and oxygen atoms in total. The Bertz CT molecular complexity index is 673. The Balaban J connectivity index is 1.19. The first-order valence-corrected chi connectivity index (χ1v) is 11.9. The van der Waals surface area contributed by atoms with Gasteiger partial charge in [-0.05, 0) is 37.4 Å². The molecule has 0 radical (unpaired) electrons. The number of hydrogen-bond acceptors (Lipinski definition) is 4. The first-order valence-electron chi connectivity index (χ1n) is 11.9. The highest BCUT2D eigenvalue weighted by atomic mass is 15.3. The SMILES string of the molecule is CN=C(NCc1ccc(CN2CCN(C)CC2)cc1)NC1CCN(C2CCCC2)C1. The number of benzene rings is 1. The van der Waals surface area contributed by atoms with Gasteiger partial charge in [0.05, 0.1) is 0 Å².